The molecule has 1 spiro atoms. The van der Waals surface area contributed by atoms with Gasteiger partial charge >= 0.3 is 6.03 Å². The first-order valence-electron chi connectivity index (χ1n) is 9.06. The third kappa shape index (κ3) is 2.67. The van der Waals surface area contributed by atoms with E-state index >= 15 is 0 Å². The first-order valence-corrected chi connectivity index (χ1v) is 9.06. The zero-order valence-electron chi connectivity index (χ0n) is 15.5. The van der Waals surface area contributed by atoms with Crippen molar-refractivity contribution in [2.45, 2.75) is 37.8 Å². The number of carbonyl (C=O) groups is 1. The van der Waals surface area contributed by atoms with Crippen molar-refractivity contribution < 1.29 is 9.53 Å². The van der Waals surface area contributed by atoms with Crippen LogP contribution in [0.3, 0.4) is 0 Å². The van der Waals surface area contributed by atoms with Crippen molar-refractivity contribution in [3.8, 4) is 11.4 Å². The summed E-state index contributed by atoms with van der Waals surface area (Å²) < 4.78 is 7.28. The van der Waals surface area contributed by atoms with Crippen LogP contribution in [0.4, 0.5) is 10.5 Å². The number of aromatic nitrogens is 3. The number of amides is 2. The molecule has 2 unspecified atom stereocenters. The largest absolute Gasteiger partial charge is 0.381 e. The smallest absolute Gasteiger partial charge is 0.321 e. The number of urea groups is 1. The summed E-state index contributed by atoms with van der Waals surface area (Å²) in [6.07, 6.45) is 6.42. The van der Waals surface area contributed by atoms with Gasteiger partial charge in [-0.2, -0.15) is 5.10 Å². The van der Waals surface area contributed by atoms with Crippen LogP contribution in [0.15, 0.2) is 30.6 Å². The molecule has 7 heteroatoms. The number of ether oxygens (including phenoxy) is 1. The molecule has 0 bridgehead atoms. The van der Waals surface area contributed by atoms with Gasteiger partial charge in [0, 0.05) is 43.9 Å². The van der Waals surface area contributed by atoms with Gasteiger partial charge in [-0.3, -0.25) is 4.68 Å². The van der Waals surface area contributed by atoms with Gasteiger partial charge in [-0.05, 0) is 43.5 Å². The summed E-state index contributed by atoms with van der Waals surface area (Å²) >= 11 is 0. The lowest BCUT2D eigenvalue weighted by Crippen LogP contribution is -2.67. The quantitative estimate of drug-likeness (QED) is 0.915. The van der Waals surface area contributed by atoms with Gasteiger partial charge in [-0.15, -0.1) is 0 Å². The average Bonchev–Trinajstić information content (AvgIpc) is 3.00. The molecule has 7 nitrogen and oxygen atoms in total. The van der Waals surface area contributed by atoms with E-state index in [1.165, 1.54) is 6.42 Å². The number of carbonyl (C=O) groups excluding carboxylic acids is 1. The number of anilines is 1. The number of nitrogens with one attached hydrogen (secondary N) is 1. The Kier molecular flexibility index (Phi) is 4.19. The standard InChI is InChI=1S/C19H25N5O2/c1-23-12-20-17(22-23)13-5-7-14(8-6-13)21-18(25)24(2)15-11-16(26-3)19(15)9-4-10-19/h5-8,12,15-16H,4,9-11H2,1-3H3,(H,21,25). The lowest BCUT2D eigenvalue weighted by Gasteiger charge is -2.62. The van der Waals surface area contributed by atoms with Gasteiger partial charge in [-0.25, -0.2) is 9.78 Å². The number of benzene rings is 1. The fourth-order valence-corrected chi connectivity index (χ4v) is 4.37. The van der Waals surface area contributed by atoms with Crippen molar-refractivity contribution in [2.24, 2.45) is 12.5 Å². The predicted octanol–water partition coefficient (Wildman–Crippen LogP) is 2.90. The van der Waals surface area contributed by atoms with E-state index in [0.29, 0.717) is 11.9 Å². The molecule has 1 aromatic heterocycles. The fraction of sp³-hybridized carbons (Fsp3) is 0.526. The number of aryl methyl sites for hydroxylation is 1. The molecule has 26 heavy (non-hydrogen) atoms. The third-order valence-corrected chi connectivity index (χ3v) is 6.09. The summed E-state index contributed by atoms with van der Waals surface area (Å²) in [6, 6.07) is 7.80. The van der Waals surface area contributed by atoms with Gasteiger partial charge in [-0.1, -0.05) is 6.42 Å². The van der Waals surface area contributed by atoms with Crippen LogP contribution in [0.25, 0.3) is 11.4 Å². The molecule has 1 N–H and O–H groups in total. The molecule has 0 saturated heterocycles. The van der Waals surface area contributed by atoms with Crippen molar-refractivity contribution in [2.75, 3.05) is 19.5 Å². The minimum absolute atomic E-state index is 0.0699. The second kappa shape index (κ2) is 6.39. The number of methoxy groups -OCH3 is 1. The van der Waals surface area contributed by atoms with E-state index in [4.69, 9.17) is 4.74 Å². The summed E-state index contributed by atoms with van der Waals surface area (Å²) in [7, 11) is 5.50. The summed E-state index contributed by atoms with van der Waals surface area (Å²) in [5, 5.41) is 7.28. The average molecular weight is 355 g/mol. The normalized spacial score (nSPS) is 23.2. The number of hydrogen-bond acceptors (Lipinski definition) is 4. The van der Waals surface area contributed by atoms with Crippen molar-refractivity contribution in [1.82, 2.24) is 19.7 Å². The molecule has 138 valence electrons. The maximum absolute atomic E-state index is 12.7. The van der Waals surface area contributed by atoms with E-state index in [2.05, 4.69) is 15.4 Å². The van der Waals surface area contributed by atoms with Crippen molar-refractivity contribution >= 4 is 11.7 Å². The van der Waals surface area contributed by atoms with E-state index < -0.39 is 0 Å². The second-order valence-corrected chi connectivity index (χ2v) is 7.42. The molecule has 2 saturated carbocycles. The van der Waals surface area contributed by atoms with Gasteiger partial charge in [0.05, 0.1) is 6.10 Å². The highest BCUT2D eigenvalue weighted by molar-refractivity contribution is 5.89. The molecule has 1 aromatic carbocycles. The molecule has 2 fully saturated rings. The Bertz CT molecular complexity index is 797. The van der Waals surface area contributed by atoms with Crippen LogP contribution in [0.2, 0.25) is 0 Å². The SMILES string of the molecule is COC1CC(N(C)C(=O)Nc2ccc(-c3ncn(C)n3)cc2)C12CCC2. The molecular weight excluding hydrogens is 330 g/mol. The maximum atomic E-state index is 12.7. The summed E-state index contributed by atoms with van der Waals surface area (Å²) in [4.78, 5) is 18.8. The maximum Gasteiger partial charge on any atom is 0.321 e. The first kappa shape index (κ1) is 17.0. The van der Waals surface area contributed by atoms with Gasteiger partial charge in [0.25, 0.3) is 0 Å². The molecule has 0 aliphatic heterocycles. The molecule has 1 heterocycles. The lowest BCUT2D eigenvalue weighted by molar-refractivity contribution is -0.181. The van der Waals surface area contributed by atoms with Crippen LogP contribution < -0.4 is 5.32 Å². The first-order chi connectivity index (χ1) is 12.5. The van der Waals surface area contributed by atoms with Crippen molar-refractivity contribution in [1.29, 1.82) is 0 Å². The van der Waals surface area contributed by atoms with Crippen LogP contribution in [0.1, 0.15) is 25.7 Å². The zero-order valence-corrected chi connectivity index (χ0v) is 15.5. The highest BCUT2D eigenvalue weighted by Gasteiger charge is 2.60. The molecule has 0 radical (unpaired) electrons. The zero-order chi connectivity index (χ0) is 18.3. The van der Waals surface area contributed by atoms with Crippen LogP contribution in [0.5, 0.6) is 0 Å². The Morgan fingerprint density at radius 3 is 2.62 bits per heavy atom. The summed E-state index contributed by atoms with van der Waals surface area (Å²) in [6.45, 7) is 0. The highest BCUT2D eigenvalue weighted by Crippen LogP contribution is 2.58. The lowest BCUT2D eigenvalue weighted by atomic mass is 9.50. The van der Waals surface area contributed by atoms with Gasteiger partial charge < -0.3 is 15.0 Å². The molecule has 2 atom stereocenters. The molecular formula is C19H25N5O2. The molecule has 4 rings (SSSR count). The van der Waals surface area contributed by atoms with E-state index in [1.807, 2.05) is 43.3 Å². The Morgan fingerprint density at radius 1 is 1.35 bits per heavy atom. The van der Waals surface area contributed by atoms with E-state index in [-0.39, 0.29) is 17.5 Å². The van der Waals surface area contributed by atoms with E-state index in [9.17, 15) is 4.79 Å². The van der Waals surface area contributed by atoms with Crippen LogP contribution in [-0.2, 0) is 11.8 Å². The minimum Gasteiger partial charge on any atom is -0.381 e. The predicted molar refractivity (Wildman–Crippen MR) is 98.7 cm³/mol. The Hall–Kier alpha value is -2.41. The second-order valence-electron chi connectivity index (χ2n) is 7.42. The van der Waals surface area contributed by atoms with Crippen LogP contribution >= 0.6 is 0 Å². The monoisotopic (exact) mass is 355 g/mol. The van der Waals surface area contributed by atoms with E-state index in [0.717, 1.165) is 30.5 Å². The number of nitrogens with zero attached hydrogens (tertiary/aromatic N) is 4. The summed E-state index contributed by atoms with van der Waals surface area (Å²) in [5.74, 6) is 0.675. The molecule has 2 aliphatic carbocycles. The Balaban J connectivity index is 1.40. The van der Waals surface area contributed by atoms with E-state index in [1.54, 1.807) is 18.1 Å². The minimum atomic E-state index is -0.0699. The molecule has 2 aliphatic rings. The number of hydrogen-bond donors (Lipinski definition) is 1. The molecule has 2 aromatic rings. The van der Waals surface area contributed by atoms with Crippen molar-refractivity contribution in [3.05, 3.63) is 30.6 Å². The fourth-order valence-electron chi connectivity index (χ4n) is 4.37. The van der Waals surface area contributed by atoms with Crippen molar-refractivity contribution in [3.63, 3.8) is 0 Å². The third-order valence-electron chi connectivity index (χ3n) is 6.09. The Morgan fingerprint density at radius 2 is 2.08 bits per heavy atom. The van der Waals surface area contributed by atoms with Crippen LogP contribution in [-0.4, -0.2) is 52.0 Å². The number of rotatable bonds is 4. The highest BCUT2D eigenvalue weighted by atomic mass is 16.5. The van der Waals surface area contributed by atoms with Crippen LogP contribution in [0, 0.1) is 5.41 Å². The topological polar surface area (TPSA) is 72.3 Å². The molecule has 2 amide bonds. The van der Waals surface area contributed by atoms with Gasteiger partial charge in [0.15, 0.2) is 5.82 Å². The summed E-state index contributed by atoms with van der Waals surface area (Å²) in [5.41, 5.74) is 1.87. The van der Waals surface area contributed by atoms with Gasteiger partial charge in [0.1, 0.15) is 6.33 Å². The van der Waals surface area contributed by atoms with Gasteiger partial charge in [0.2, 0.25) is 0 Å². The Labute approximate surface area is 153 Å².